The van der Waals surface area contributed by atoms with Gasteiger partial charge in [0.05, 0.1) is 28.1 Å². The molecule has 0 saturated heterocycles. The molecule has 0 aromatic heterocycles. The first-order chi connectivity index (χ1) is 14.5. The molecule has 0 bridgehead atoms. The van der Waals surface area contributed by atoms with E-state index in [0.717, 1.165) is 23.0 Å². The van der Waals surface area contributed by atoms with Gasteiger partial charge in [0.25, 0.3) is 11.6 Å². The molecule has 0 aliphatic heterocycles. The summed E-state index contributed by atoms with van der Waals surface area (Å²) in [6.45, 7) is 3.15. The molecule has 166 valence electrons. The van der Waals surface area contributed by atoms with E-state index in [-0.39, 0.29) is 34.6 Å². The number of anilines is 2. The predicted octanol–water partition coefficient (Wildman–Crippen LogP) is 2.53. The van der Waals surface area contributed by atoms with Crippen molar-refractivity contribution >= 4 is 38.9 Å². The van der Waals surface area contributed by atoms with Crippen LogP contribution < -0.4 is 14.9 Å². The highest BCUT2D eigenvalue weighted by Crippen LogP contribution is 2.23. The number of hydrogen-bond donors (Lipinski definition) is 2. The number of hydrogen-bond acceptors (Lipinski definition) is 6. The Morgan fingerprint density at radius 2 is 1.84 bits per heavy atom. The van der Waals surface area contributed by atoms with Crippen LogP contribution in [0.1, 0.15) is 30.6 Å². The summed E-state index contributed by atoms with van der Waals surface area (Å²) < 4.78 is 25.2. The van der Waals surface area contributed by atoms with E-state index in [2.05, 4.69) is 10.6 Å². The first-order valence-electron chi connectivity index (χ1n) is 9.44. The number of amides is 2. The molecule has 0 aliphatic carbocycles. The molecule has 2 amide bonds. The van der Waals surface area contributed by atoms with Crippen molar-refractivity contribution in [1.82, 2.24) is 5.32 Å². The van der Waals surface area contributed by atoms with Crippen molar-refractivity contribution in [3.63, 3.8) is 0 Å². The van der Waals surface area contributed by atoms with Crippen LogP contribution in [0.4, 0.5) is 17.1 Å². The second-order valence-corrected chi connectivity index (χ2v) is 8.83. The van der Waals surface area contributed by atoms with Crippen LogP contribution in [0.2, 0.25) is 0 Å². The highest BCUT2D eigenvalue weighted by Gasteiger charge is 2.23. The van der Waals surface area contributed by atoms with Crippen LogP contribution in [0.15, 0.2) is 48.5 Å². The fraction of sp³-hybridized carbons (Fsp3) is 0.300. The number of carbonyl (C=O) groups excluding carboxylic acids is 2. The number of para-hydroxylation sites is 1. The Bertz CT molecular complexity index is 1090. The van der Waals surface area contributed by atoms with Gasteiger partial charge in [-0.05, 0) is 31.5 Å². The normalized spacial score (nSPS) is 12.0. The molecule has 10 nitrogen and oxygen atoms in total. The fourth-order valence-electron chi connectivity index (χ4n) is 2.68. The maximum Gasteiger partial charge on any atom is 0.271 e. The van der Waals surface area contributed by atoms with Crippen molar-refractivity contribution in [3.8, 4) is 0 Å². The van der Waals surface area contributed by atoms with Gasteiger partial charge in [0, 0.05) is 18.2 Å². The van der Waals surface area contributed by atoms with E-state index in [1.54, 1.807) is 18.2 Å². The van der Waals surface area contributed by atoms with E-state index in [1.165, 1.54) is 24.3 Å². The molecule has 31 heavy (non-hydrogen) atoms. The van der Waals surface area contributed by atoms with Crippen LogP contribution in [0.3, 0.4) is 0 Å². The summed E-state index contributed by atoms with van der Waals surface area (Å²) in [5.41, 5.74) is 0.131. The lowest BCUT2D eigenvalue weighted by atomic mass is 10.1. The molecule has 11 heteroatoms. The average Bonchev–Trinajstić information content (AvgIpc) is 2.71. The summed E-state index contributed by atoms with van der Waals surface area (Å²) in [5, 5.41) is 16.4. The number of nitrogens with one attached hydrogen (secondary N) is 2. The van der Waals surface area contributed by atoms with Crippen molar-refractivity contribution in [1.29, 1.82) is 0 Å². The lowest BCUT2D eigenvalue weighted by Crippen LogP contribution is -2.38. The van der Waals surface area contributed by atoms with Crippen molar-refractivity contribution < 1.29 is 22.9 Å². The van der Waals surface area contributed by atoms with Gasteiger partial charge in [0.2, 0.25) is 15.9 Å². The van der Waals surface area contributed by atoms with Gasteiger partial charge in [-0.3, -0.25) is 24.0 Å². The summed E-state index contributed by atoms with van der Waals surface area (Å²) in [7, 11) is -3.92. The van der Waals surface area contributed by atoms with Gasteiger partial charge in [-0.2, -0.15) is 0 Å². The molecule has 0 saturated carbocycles. The zero-order chi connectivity index (χ0) is 23.2. The molecular formula is C20H24N4O6S. The lowest BCUT2D eigenvalue weighted by molar-refractivity contribution is -0.384. The summed E-state index contributed by atoms with van der Waals surface area (Å²) >= 11 is 0. The molecular weight excluding hydrogens is 424 g/mol. The molecule has 1 atom stereocenters. The summed E-state index contributed by atoms with van der Waals surface area (Å²) in [6.07, 6.45) is 1.62. The standard InChI is InChI=1S/C20H24N4O6S/c1-4-14(2)21-20(26)17-10-5-6-11-18(17)22-19(25)13-23(31(3,29)30)15-8-7-9-16(12-15)24(27)28/h5-12,14H,4,13H2,1-3H3,(H,21,26)(H,22,25). The second-order valence-electron chi connectivity index (χ2n) is 6.92. The number of non-ortho nitro benzene ring substituents is 1. The third-order valence-electron chi connectivity index (χ3n) is 4.45. The molecule has 0 radical (unpaired) electrons. The Morgan fingerprint density at radius 3 is 2.45 bits per heavy atom. The van der Waals surface area contributed by atoms with Crippen molar-refractivity contribution in [2.24, 2.45) is 0 Å². The van der Waals surface area contributed by atoms with E-state index >= 15 is 0 Å². The van der Waals surface area contributed by atoms with Crippen molar-refractivity contribution in [2.45, 2.75) is 26.3 Å². The maximum absolute atomic E-state index is 12.6. The maximum atomic E-state index is 12.6. The SMILES string of the molecule is CCC(C)NC(=O)c1ccccc1NC(=O)CN(c1cccc([N+](=O)[O-])c1)S(C)(=O)=O. The quantitative estimate of drug-likeness (QED) is 0.446. The van der Waals surface area contributed by atoms with Crippen LogP contribution in [-0.4, -0.2) is 44.0 Å². The molecule has 2 N–H and O–H groups in total. The number of nitrogens with zero attached hydrogens (tertiary/aromatic N) is 2. The van der Waals surface area contributed by atoms with Crippen LogP contribution in [0.25, 0.3) is 0 Å². The van der Waals surface area contributed by atoms with Gasteiger partial charge in [0.1, 0.15) is 6.54 Å². The molecule has 0 fully saturated rings. The van der Waals surface area contributed by atoms with Crippen molar-refractivity contribution in [3.05, 3.63) is 64.2 Å². The van der Waals surface area contributed by atoms with E-state index in [9.17, 15) is 28.1 Å². The number of benzene rings is 2. The summed E-state index contributed by atoms with van der Waals surface area (Å²) in [4.78, 5) is 35.5. The van der Waals surface area contributed by atoms with Crippen LogP contribution in [0.5, 0.6) is 0 Å². The number of nitro groups is 1. The van der Waals surface area contributed by atoms with Gasteiger partial charge in [-0.25, -0.2) is 8.42 Å². The molecule has 0 aliphatic rings. The molecule has 2 rings (SSSR count). The minimum absolute atomic E-state index is 0.0188. The van der Waals surface area contributed by atoms with Crippen molar-refractivity contribution in [2.75, 3.05) is 22.4 Å². The summed E-state index contributed by atoms with van der Waals surface area (Å²) in [6, 6.07) is 11.3. The number of rotatable bonds is 9. The number of sulfonamides is 1. The third-order valence-corrected chi connectivity index (χ3v) is 5.59. The minimum Gasteiger partial charge on any atom is -0.350 e. The zero-order valence-electron chi connectivity index (χ0n) is 17.4. The Hall–Kier alpha value is -3.47. The number of carbonyl (C=O) groups is 2. The lowest BCUT2D eigenvalue weighted by Gasteiger charge is -2.22. The number of nitro benzene ring substituents is 1. The Kier molecular flexibility index (Phi) is 7.70. The third kappa shape index (κ3) is 6.51. The van der Waals surface area contributed by atoms with Crippen LogP contribution in [0, 0.1) is 10.1 Å². The van der Waals surface area contributed by atoms with E-state index < -0.39 is 27.4 Å². The Labute approximate surface area is 180 Å². The average molecular weight is 449 g/mol. The van der Waals surface area contributed by atoms with Gasteiger partial charge < -0.3 is 10.6 Å². The molecule has 1 unspecified atom stereocenters. The van der Waals surface area contributed by atoms with Crippen LogP contribution >= 0.6 is 0 Å². The van der Waals surface area contributed by atoms with Gasteiger partial charge in [0.15, 0.2) is 0 Å². The first-order valence-corrected chi connectivity index (χ1v) is 11.3. The van der Waals surface area contributed by atoms with Gasteiger partial charge in [-0.1, -0.05) is 25.1 Å². The topological polar surface area (TPSA) is 139 Å². The van der Waals surface area contributed by atoms with E-state index in [4.69, 9.17) is 0 Å². The van der Waals surface area contributed by atoms with Gasteiger partial charge in [-0.15, -0.1) is 0 Å². The highest BCUT2D eigenvalue weighted by atomic mass is 32.2. The van der Waals surface area contributed by atoms with Crippen LogP contribution in [-0.2, 0) is 14.8 Å². The molecule has 0 heterocycles. The monoisotopic (exact) mass is 448 g/mol. The molecule has 2 aromatic rings. The second kappa shape index (κ2) is 10.0. The fourth-order valence-corrected chi connectivity index (χ4v) is 3.52. The highest BCUT2D eigenvalue weighted by molar-refractivity contribution is 7.92. The van der Waals surface area contributed by atoms with E-state index in [0.29, 0.717) is 0 Å². The summed E-state index contributed by atoms with van der Waals surface area (Å²) in [5.74, 6) is -1.08. The van der Waals surface area contributed by atoms with Gasteiger partial charge >= 0.3 is 0 Å². The predicted molar refractivity (Wildman–Crippen MR) is 118 cm³/mol. The Morgan fingerprint density at radius 1 is 1.16 bits per heavy atom. The first kappa shape index (κ1) is 23.8. The zero-order valence-corrected chi connectivity index (χ0v) is 18.2. The molecule has 2 aromatic carbocycles. The van der Waals surface area contributed by atoms with E-state index in [1.807, 2.05) is 13.8 Å². The largest absolute Gasteiger partial charge is 0.350 e. The molecule has 0 spiro atoms. The smallest absolute Gasteiger partial charge is 0.271 e. The minimum atomic E-state index is -3.92. The Balaban J connectivity index is 2.26.